The number of aryl methyl sites for hydroxylation is 1. The zero-order valence-electron chi connectivity index (χ0n) is 9.26. The molecule has 84 valence electrons. The highest BCUT2D eigenvalue weighted by Crippen LogP contribution is 2.27. The summed E-state index contributed by atoms with van der Waals surface area (Å²) in [4.78, 5) is 4.31. The Labute approximate surface area is 97.5 Å². The summed E-state index contributed by atoms with van der Waals surface area (Å²) in [7, 11) is 1.83. The number of hydrogen-bond donors (Lipinski definition) is 0. The van der Waals surface area contributed by atoms with E-state index >= 15 is 0 Å². The molecule has 17 heavy (non-hydrogen) atoms. The van der Waals surface area contributed by atoms with E-state index in [-0.39, 0.29) is 5.82 Å². The van der Waals surface area contributed by atoms with Crippen molar-refractivity contribution in [2.24, 2.45) is 7.05 Å². The van der Waals surface area contributed by atoms with E-state index < -0.39 is 0 Å². The number of halogens is 1. The van der Waals surface area contributed by atoms with Crippen molar-refractivity contribution in [2.75, 3.05) is 0 Å². The summed E-state index contributed by atoms with van der Waals surface area (Å²) in [5.74, 6) is -0.262. The van der Waals surface area contributed by atoms with Crippen LogP contribution in [0.25, 0.3) is 22.2 Å². The minimum atomic E-state index is -0.262. The van der Waals surface area contributed by atoms with Gasteiger partial charge in [0.2, 0.25) is 0 Å². The van der Waals surface area contributed by atoms with Gasteiger partial charge in [0.15, 0.2) is 0 Å². The molecule has 3 aromatic rings. The number of rotatable bonds is 1. The van der Waals surface area contributed by atoms with Crippen LogP contribution < -0.4 is 0 Å². The van der Waals surface area contributed by atoms with Crippen LogP contribution in [0, 0.1) is 5.82 Å². The van der Waals surface area contributed by atoms with Gasteiger partial charge in [-0.2, -0.15) is 5.10 Å². The van der Waals surface area contributed by atoms with Gasteiger partial charge in [0, 0.05) is 30.4 Å². The molecule has 2 aromatic heterocycles. The van der Waals surface area contributed by atoms with Gasteiger partial charge in [-0.25, -0.2) is 4.39 Å². The van der Waals surface area contributed by atoms with Crippen molar-refractivity contribution in [2.45, 2.75) is 0 Å². The number of benzene rings is 1. The lowest BCUT2D eigenvalue weighted by Crippen LogP contribution is -1.95. The van der Waals surface area contributed by atoms with Crippen molar-refractivity contribution < 1.29 is 4.39 Å². The summed E-state index contributed by atoms with van der Waals surface area (Å²) >= 11 is 0. The van der Waals surface area contributed by atoms with E-state index in [4.69, 9.17) is 0 Å². The molecular weight excluding hydrogens is 217 g/mol. The van der Waals surface area contributed by atoms with Gasteiger partial charge in [-0.15, -0.1) is 0 Å². The Kier molecular flexibility index (Phi) is 2.14. The van der Waals surface area contributed by atoms with Crippen LogP contribution in [0.4, 0.5) is 4.39 Å². The topological polar surface area (TPSA) is 30.7 Å². The van der Waals surface area contributed by atoms with Gasteiger partial charge in [-0.1, -0.05) is 6.07 Å². The van der Waals surface area contributed by atoms with Gasteiger partial charge in [-0.3, -0.25) is 9.67 Å². The Morgan fingerprint density at radius 1 is 1.18 bits per heavy atom. The second kappa shape index (κ2) is 3.66. The Morgan fingerprint density at radius 2 is 2.06 bits per heavy atom. The van der Waals surface area contributed by atoms with Gasteiger partial charge in [-0.05, 0) is 24.3 Å². The van der Waals surface area contributed by atoms with Gasteiger partial charge in [0.1, 0.15) is 5.82 Å². The number of fused-ring (bicyclic) bond motifs is 1. The Morgan fingerprint density at radius 3 is 2.82 bits per heavy atom. The standard InChI is InChI=1S/C13H10FN3/c1-17-12(4-6-16-17)11-8-10(14)7-9-3-2-5-15-13(9)11/h2-8H,1H3. The molecule has 0 saturated heterocycles. The maximum atomic E-state index is 13.6. The smallest absolute Gasteiger partial charge is 0.124 e. The van der Waals surface area contributed by atoms with Crippen molar-refractivity contribution in [1.82, 2.24) is 14.8 Å². The first-order chi connectivity index (χ1) is 8.25. The molecule has 0 fully saturated rings. The number of nitrogens with zero attached hydrogens (tertiary/aromatic N) is 3. The van der Waals surface area contributed by atoms with Gasteiger partial charge < -0.3 is 0 Å². The molecule has 0 bridgehead atoms. The zero-order valence-corrected chi connectivity index (χ0v) is 9.26. The second-order valence-corrected chi connectivity index (χ2v) is 3.87. The highest BCUT2D eigenvalue weighted by molar-refractivity contribution is 5.92. The quantitative estimate of drug-likeness (QED) is 0.640. The van der Waals surface area contributed by atoms with E-state index in [0.29, 0.717) is 0 Å². The summed E-state index contributed by atoms with van der Waals surface area (Å²) in [5, 5.41) is 4.89. The fourth-order valence-electron chi connectivity index (χ4n) is 1.99. The highest BCUT2D eigenvalue weighted by atomic mass is 19.1. The Bertz CT molecular complexity index is 688. The molecule has 4 heteroatoms. The van der Waals surface area contributed by atoms with E-state index in [2.05, 4.69) is 10.1 Å². The summed E-state index contributed by atoms with van der Waals surface area (Å²) in [6.07, 6.45) is 3.40. The fourth-order valence-corrected chi connectivity index (χ4v) is 1.99. The van der Waals surface area contributed by atoms with Gasteiger partial charge in [0.25, 0.3) is 0 Å². The minimum absolute atomic E-state index is 0.262. The lowest BCUT2D eigenvalue weighted by Gasteiger charge is -2.06. The first kappa shape index (κ1) is 9.96. The number of hydrogen-bond acceptors (Lipinski definition) is 2. The molecule has 3 rings (SSSR count). The molecule has 0 spiro atoms. The van der Waals surface area contributed by atoms with Gasteiger partial charge in [0.05, 0.1) is 11.2 Å². The lowest BCUT2D eigenvalue weighted by atomic mass is 10.1. The zero-order chi connectivity index (χ0) is 11.8. The van der Waals surface area contributed by atoms with Crippen molar-refractivity contribution in [3.05, 3.63) is 48.5 Å². The summed E-state index contributed by atoms with van der Waals surface area (Å²) in [6, 6.07) is 8.48. The fraction of sp³-hybridized carbons (Fsp3) is 0.0769. The van der Waals surface area contributed by atoms with Crippen LogP contribution in [-0.2, 0) is 7.05 Å². The third-order valence-electron chi connectivity index (χ3n) is 2.77. The van der Waals surface area contributed by atoms with E-state index in [9.17, 15) is 4.39 Å². The van der Waals surface area contributed by atoms with Gasteiger partial charge >= 0.3 is 0 Å². The van der Waals surface area contributed by atoms with Crippen LogP contribution in [0.5, 0.6) is 0 Å². The van der Waals surface area contributed by atoms with Crippen LogP contribution in [0.1, 0.15) is 0 Å². The average Bonchev–Trinajstić information content (AvgIpc) is 2.74. The predicted octanol–water partition coefficient (Wildman–Crippen LogP) is 2.77. The summed E-state index contributed by atoms with van der Waals surface area (Å²) in [6.45, 7) is 0. The molecule has 2 heterocycles. The Balaban J connectivity index is 2.39. The second-order valence-electron chi connectivity index (χ2n) is 3.87. The van der Waals surface area contributed by atoms with E-state index in [0.717, 1.165) is 22.2 Å². The Hall–Kier alpha value is -2.23. The molecule has 0 N–H and O–H groups in total. The van der Waals surface area contributed by atoms with Crippen molar-refractivity contribution in [3.63, 3.8) is 0 Å². The largest absolute Gasteiger partial charge is 0.268 e. The molecule has 0 amide bonds. The monoisotopic (exact) mass is 227 g/mol. The minimum Gasteiger partial charge on any atom is -0.268 e. The van der Waals surface area contributed by atoms with Crippen LogP contribution in [-0.4, -0.2) is 14.8 Å². The van der Waals surface area contributed by atoms with Crippen molar-refractivity contribution in [1.29, 1.82) is 0 Å². The lowest BCUT2D eigenvalue weighted by molar-refractivity contribution is 0.629. The third-order valence-corrected chi connectivity index (χ3v) is 2.77. The normalized spacial score (nSPS) is 10.9. The molecule has 0 aliphatic heterocycles. The summed E-state index contributed by atoms with van der Waals surface area (Å²) < 4.78 is 15.3. The molecule has 0 aliphatic carbocycles. The highest BCUT2D eigenvalue weighted by Gasteiger charge is 2.10. The molecule has 0 radical (unpaired) electrons. The SMILES string of the molecule is Cn1nccc1-c1cc(F)cc2cccnc12. The van der Waals surface area contributed by atoms with E-state index in [1.165, 1.54) is 12.1 Å². The number of pyridine rings is 1. The summed E-state index contributed by atoms with van der Waals surface area (Å²) in [5.41, 5.74) is 2.41. The van der Waals surface area contributed by atoms with Crippen LogP contribution in [0.15, 0.2) is 42.7 Å². The van der Waals surface area contributed by atoms with Crippen molar-refractivity contribution >= 4 is 10.9 Å². The maximum Gasteiger partial charge on any atom is 0.124 e. The molecule has 3 nitrogen and oxygen atoms in total. The van der Waals surface area contributed by atoms with Crippen LogP contribution in [0.3, 0.4) is 0 Å². The number of aromatic nitrogens is 3. The average molecular weight is 227 g/mol. The molecule has 0 saturated carbocycles. The van der Waals surface area contributed by atoms with Crippen LogP contribution >= 0.6 is 0 Å². The first-order valence-electron chi connectivity index (χ1n) is 5.28. The van der Waals surface area contributed by atoms with Crippen molar-refractivity contribution in [3.8, 4) is 11.3 Å². The third kappa shape index (κ3) is 1.58. The first-order valence-corrected chi connectivity index (χ1v) is 5.28. The van der Waals surface area contributed by atoms with E-state index in [1.54, 1.807) is 23.1 Å². The molecule has 1 aromatic carbocycles. The maximum absolute atomic E-state index is 13.6. The molecule has 0 aliphatic rings. The van der Waals surface area contributed by atoms with E-state index in [1.807, 2.05) is 19.2 Å². The molecule has 0 atom stereocenters. The van der Waals surface area contributed by atoms with Crippen LogP contribution in [0.2, 0.25) is 0 Å². The predicted molar refractivity (Wildman–Crippen MR) is 63.9 cm³/mol. The molecule has 0 unspecified atom stereocenters. The molecular formula is C13H10FN3.